The Hall–Kier alpha value is -1.75. The molecule has 1 fully saturated rings. The van der Waals surface area contributed by atoms with Gasteiger partial charge in [-0.05, 0) is 24.1 Å². The number of aliphatic hydroxyl groups excluding tert-OH is 3. The standard InChI is InChI=1S/C15H21NO8/c16-10(5-8-1-3-9(18)4-2-8)14(21)23-7-15(22)13(20)12(19)11(6-17)24-15/h1-4,10-13,17-20,22H,5-7,16H2. The highest BCUT2D eigenvalue weighted by atomic mass is 16.7. The second-order valence-corrected chi connectivity index (χ2v) is 5.70. The molecule has 1 aliphatic heterocycles. The van der Waals surface area contributed by atoms with Crippen LogP contribution in [0.3, 0.4) is 0 Å². The molecule has 2 rings (SSSR count). The van der Waals surface area contributed by atoms with Crippen molar-refractivity contribution in [1.82, 2.24) is 0 Å². The highest BCUT2D eigenvalue weighted by molar-refractivity contribution is 5.76. The van der Waals surface area contributed by atoms with E-state index in [1.807, 2.05) is 0 Å². The summed E-state index contributed by atoms with van der Waals surface area (Å²) in [6.07, 6.45) is -4.29. The first-order valence-corrected chi connectivity index (χ1v) is 7.34. The first kappa shape index (κ1) is 18.6. The van der Waals surface area contributed by atoms with E-state index in [-0.39, 0.29) is 12.2 Å². The van der Waals surface area contributed by atoms with Crippen LogP contribution in [0.2, 0.25) is 0 Å². The lowest BCUT2D eigenvalue weighted by Gasteiger charge is -2.26. The molecule has 1 aromatic carbocycles. The van der Waals surface area contributed by atoms with E-state index in [0.29, 0.717) is 5.56 Å². The summed E-state index contributed by atoms with van der Waals surface area (Å²) < 4.78 is 9.80. The third-order valence-electron chi connectivity index (χ3n) is 3.82. The molecule has 7 N–H and O–H groups in total. The maximum absolute atomic E-state index is 11.9. The second kappa shape index (κ2) is 7.43. The zero-order valence-corrected chi connectivity index (χ0v) is 12.8. The van der Waals surface area contributed by atoms with Crippen LogP contribution in [0.25, 0.3) is 0 Å². The number of nitrogens with two attached hydrogens (primary N) is 1. The summed E-state index contributed by atoms with van der Waals surface area (Å²) in [7, 11) is 0. The fraction of sp³-hybridized carbons (Fsp3) is 0.533. The van der Waals surface area contributed by atoms with E-state index in [1.54, 1.807) is 12.1 Å². The number of esters is 1. The van der Waals surface area contributed by atoms with Crippen LogP contribution >= 0.6 is 0 Å². The topological polar surface area (TPSA) is 163 Å². The van der Waals surface area contributed by atoms with Crippen molar-refractivity contribution in [2.24, 2.45) is 5.73 Å². The molecule has 0 amide bonds. The van der Waals surface area contributed by atoms with Gasteiger partial charge in [0.25, 0.3) is 0 Å². The normalized spacial score (nSPS) is 31.0. The third kappa shape index (κ3) is 4.01. The van der Waals surface area contributed by atoms with Gasteiger partial charge in [-0.15, -0.1) is 0 Å². The lowest BCUT2D eigenvalue weighted by molar-refractivity contribution is -0.253. The highest BCUT2D eigenvalue weighted by Crippen LogP contribution is 2.29. The first-order valence-electron chi connectivity index (χ1n) is 7.34. The number of aromatic hydroxyl groups is 1. The molecule has 1 aliphatic rings. The predicted molar refractivity (Wildman–Crippen MR) is 79.7 cm³/mol. The maximum Gasteiger partial charge on any atom is 0.323 e. The summed E-state index contributed by atoms with van der Waals surface area (Å²) in [5.74, 6) is -3.07. The van der Waals surface area contributed by atoms with Gasteiger partial charge in [-0.2, -0.15) is 0 Å². The largest absolute Gasteiger partial charge is 0.508 e. The smallest absolute Gasteiger partial charge is 0.323 e. The monoisotopic (exact) mass is 343 g/mol. The van der Waals surface area contributed by atoms with Gasteiger partial charge >= 0.3 is 5.97 Å². The second-order valence-electron chi connectivity index (χ2n) is 5.70. The average Bonchev–Trinajstić information content (AvgIpc) is 2.79. The van der Waals surface area contributed by atoms with Crippen molar-refractivity contribution in [3.05, 3.63) is 29.8 Å². The van der Waals surface area contributed by atoms with Gasteiger partial charge in [0.05, 0.1) is 6.61 Å². The number of phenolic OH excluding ortho intramolecular Hbond substituents is 1. The summed E-state index contributed by atoms with van der Waals surface area (Å²) in [5.41, 5.74) is 6.42. The molecular formula is C15H21NO8. The molecule has 9 heteroatoms. The lowest BCUT2D eigenvalue weighted by Crippen LogP contribution is -2.48. The molecule has 24 heavy (non-hydrogen) atoms. The minimum atomic E-state index is -2.32. The molecule has 0 bridgehead atoms. The van der Waals surface area contributed by atoms with E-state index in [4.69, 9.17) is 20.3 Å². The predicted octanol–water partition coefficient (Wildman–Crippen LogP) is -2.39. The molecule has 1 heterocycles. The first-order chi connectivity index (χ1) is 11.3. The molecule has 1 saturated heterocycles. The van der Waals surface area contributed by atoms with Gasteiger partial charge in [0.15, 0.2) is 0 Å². The van der Waals surface area contributed by atoms with Crippen molar-refractivity contribution in [1.29, 1.82) is 0 Å². The number of carbonyl (C=O) groups is 1. The Bertz CT molecular complexity index is 565. The van der Waals surface area contributed by atoms with Crippen LogP contribution in [-0.2, 0) is 20.7 Å². The van der Waals surface area contributed by atoms with Crippen LogP contribution in [0, 0.1) is 0 Å². The molecule has 0 spiro atoms. The average molecular weight is 343 g/mol. The van der Waals surface area contributed by atoms with E-state index in [0.717, 1.165) is 0 Å². The van der Waals surface area contributed by atoms with Gasteiger partial charge in [0.1, 0.15) is 36.7 Å². The number of hydrogen-bond donors (Lipinski definition) is 6. The van der Waals surface area contributed by atoms with Crippen molar-refractivity contribution in [2.45, 2.75) is 36.6 Å². The van der Waals surface area contributed by atoms with Crippen molar-refractivity contribution < 1.29 is 39.8 Å². The van der Waals surface area contributed by atoms with E-state index >= 15 is 0 Å². The maximum atomic E-state index is 11.9. The van der Waals surface area contributed by atoms with Crippen LogP contribution in [0.5, 0.6) is 5.75 Å². The summed E-state index contributed by atoms with van der Waals surface area (Å²) >= 11 is 0. The number of phenols is 1. The minimum Gasteiger partial charge on any atom is -0.508 e. The van der Waals surface area contributed by atoms with Gasteiger partial charge in [0, 0.05) is 0 Å². The zero-order valence-electron chi connectivity index (χ0n) is 12.8. The van der Waals surface area contributed by atoms with Crippen LogP contribution in [0.15, 0.2) is 24.3 Å². The fourth-order valence-electron chi connectivity index (χ4n) is 2.39. The summed E-state index contributed by atoms with van der Waals surface area (Å²) in [4.78, 5) is 11.9. The Morgan fingerprint density at radius 3 is 2.50 bits per heavy atom. The molecule has 134 valence electrons. The number of rotatable bonds is 6. The molecule has 9 nitrogen and oxygen atoms in total. The number of benzene rings is 1. The van der Waals surface area contributed by atoms with Crippen molar-refractivity contribution in [2.75, 3.05) is 13.2 Å². The summed E-state index contributed by atoms with van der Waals surface area (Å²) in [6, 6.07) is 5.07. The van der Waals surface area contributed by atoms with Crippen molar-refractivity contribution in [3.8, 4) is 5.75 Å². The number of carbonyl (C=O) groups excluding carboxylic acids is 1. The van der Waals surface area contributed by atoms with Gasteiger partial charge < -0.3 is 40.7 Å². The molecule has 0 radical (unpaired) electrons. The van der Waals surface area contributed by atoms with Gasteiger partial charge in [-0.25, -0.2) is 0 Å². The van der Waals surface area contributed by atoms with Crippen LogP contribution in [0.1, 0.15) is 5.56 Å². The molecular weight excluding hydrogens is 322 g/mol. The SMILES string of the molecule is NC(Cc1ccc(O)cc1)C(=O)OCC1(O)OC(CO)C(O)C1O. The van der Waals surface area contributed by atoms with Gasteiger partial charge in [-0.1, -0.05) is 12.1 Å². The van der Waals surface area contributed by atoms with E-state index in [2.05, 4.69) is 0 Å². The van der Waals surface area contributed by atoms with Crippen LogP contribution in [0.4, 0.5) is 0 Å². The van der Waals surface area contributed by atoms with Crippen molar-refractivity contribution in [3.63, 3.8) is 0 Å². The zero-order chi connectivity index (χ0) is 17.9. The van der Waals surface area contributed by atoms with Gasteiger partial charge in [-0.3, -0.25) is 4.79 Å². The number of ether oxygens (including phenoxy) is 2. The Kier molecular flexibility index (Phi) is 5.75. The van der Waals surface area contributed by atoms with Crippen LogP contribution in [-0.4, -0.2) is 74.9 Å². The Balaban J connectivity index is 1.89. The Morgan fingerprint density at radius 1 is 1.33 bits per heavy atom. The molecule has 0 aliphatic carbocycles. The summed E-state index contributed by atoms with van der Waals surface area (Å²) in [5, 5.41) is 47.6. The minimum absolute atomic E-state index is 0.0847. The molecule has 1 aromatic rings. The summed E-state index contributed by atoms with van der Waals surface area (Å²) in [6.45, 7) is -1.36. The van der Waals surface area contributed by atoms with E-state index < -0.39 is 49.3 Å². The molecule has 0 saturated carbocycles. The lowest BCUT2D eigenvalue weighted by atomic mass is 10.1. The molecule has 0 aromatic heterocycles. The van der Waals surface area contributed by atoms with Crippen LogP contribution < -0.4 is 5.73 Å². The Morgan fingerprint density at radius 2 is 1.96 bits per heavy atom. The molecule has 5 unspecified atom stereocenters. The number of aliphatic hydroxyl groups is 4. The fourth-order valence-corrected chi connectivity index (χ4v) is 2.39. The van der Waals surface area contributed by atoms with Crippen molar-refractivity contribution >= 4 is 5.97 Å². The van der Waals surface area contributed by atoms with E-state index in [9.17, 15) is 25.2 Å². The highest BCUT2D eigenvalue weighted by Gasteiger charge is 2.54. The number of hydrogen-bond acceptors (Lipinski definition) is 9. The molecule has 5 atom stereocenters. The third-order valence-corrected chi connectivity index (χ3v) is 3.82. The Labute approximate surface area is 137 Å². The van der Waals surface area contributed by atoms with Gasteiger partial charge in [0.2, 0.25) is 5.79 Å². The quantitative estimate of drug-likeness (QED) is 0.309. The van der Waals surface area contributed by atoms with E-state index in [1.165, 1.54) is 12.1 Å².